The van der Waals surface area contributed by atoms with Crippen molar-refractivity contribution < 1.29 is 22.7 Å². The molecule has 0 heterocycles. The number of nitrogens with one attached hydrogen (secondary N) is 1. The first-order valence-corrected chi connectivity index (χ1v) is 17.5. The van der Waals surface area contributed by atoms with Gasteiger partial charge in [-0.1, -0.05) is 96.3 Å². The van der Waals surface area contributed by atoms with Crippen LogP contribution in [0.2, 0.25) is 15.1 Å². The maximum Gasteiger partial charge on any atom is 0.264 e. The third-order valence-electron chi connectivity index (χ3n) is 7.68. The molecule has 1 N–H and O–H groups in total. The Kier molecular flexibility index (Phi) is 12.6. The largest absolute Gasteiger partial charge is 0.495 e. The van der Waals surface area contributed by atoms with Gasteiger partial charge in [0.25, 0.3) is 10.0 Å². The van der Waals surface area contributed by atoms with Crippen molar-refractivity contribution in [2.75, 3.05) is 18.0 Å². The number of hydrogen-bond donors (Lipinski definition) is 1. The number of methoxy groups -OCH3 is 1. The maximum atomic E-state index is 14.7. The number of carbonyl (C=O) groups is 2. The van der Waals surface area contributed by atoms with Crippen LogP contribution in [0.3, 0.4) is 0 Å². The van der Waals surface area contributed by atoms with Gasteiger partial charge in [0.05, 0.1) is 17.7 Å². The zero-order valence-corrected chi connectivity index (χ0v) is 29.3. The first kappa shape index (κ1) is 36.1. The smallest absolute Gasteiger partial charge is 0.264 e. The number of anilines is 1. The second-order valence-electron chi connectivity index (χ2n) is 10.9. The van der Waals surface area contributed by atoms with Gasteiger partial charge in [-0.05, 0) is 61.4 Å². The van der Waals surface area contributed by atoms with Gasteiger partial charge in [0.2, 0.25) is 11.8 Å². The summed E-state index contributed by atoms with van der Waals surface area (Å²) in [5.41, 5.74) is 1.26. The lowest BCUT2D eigenvalue weighted by molar-refractivity contribution is -0.140. The van der Waals surface area contributed by atoms with Gasteiger partial charge in [0, 0.05) is 39.6 Å². The van der Waals surface area contributed by atoms with Crippen molar-refractivity contribution in [3.05, 3.63) is 123 Å². The molecule has 8 nitrogen and oxygen atoms in total. The molecule has 2 atom stereocenters. The van der Waals surface area contributed by atoms with Gasteiger partial charge in [-0.3, -0.25) is 13.9 Å². The highest BCUT2D eigenvalue weighted by Gasteiger charge is 2.36. The summed E-state index contributed by atoms with van der Waals surface area (Å²) in [5, 5.41) is 3.82. The number of nitrogens with zero attached hydrogens (tertiary/aromatic N) is 2. The molecular formula is C35H36Cl3N3O5S. The Bertz CT molecular complexity index is 1770. The summed E-state index contributed by atoms with van der Waals surface area (Å²) in [4.78, 5) is 30.0. The maximum absolute atomic E-state index is 14.7. The zero-order chi connectivity index (χ0) is 34.1. The van der Waals surface area contributed by atoms with E-state index in [0.29, 0.717) is 22.0 Å². The van der Waals surface area contributed by atoms with Gasteiger partial charge in [0.1, 0.15) is 18.3 Å². The fourth-order valence-electron chi connectivity index (χ4n) is 4.94. The molecule has 248 valence electrons. The lowest BCUT2D eigenvalue weighted by Crippen LogP contribution is -2.54. The molecule has 0 aliphatic carbocycles. The Morgan fingerprint density at radius 3 is 2.09 bits per heavy atom. The summed E-state index contributed by atoms with van der Waals surface area (Å²) < 4.78 is 35.0. The number of rotatable bonds is 14. The molecule has 0 fully saturated rings. The molecule has 0 bridgehead atoms. The van der Waals surface area contributed by atoms with Gasteiger partial charge in [0.15, 0.2) is 0 Å². The molecule has 0 aromatic heterocycles. The first-order chi connectivity index (χ1) is 22.5. The normalized spacial score (nSPS) is 12.6. The van der Waals surface area contributed by atoms with E-state index in [1.807, 2.05) is 44.2 Å². The summed E-state index contributed by atoms with van der Waals surface area (Å²) in [6.45, 7) is 2.94. The highest BCUT2D eigenvalue weighted by Crippen LogP contribution is 2.35. The minimum atomic E-state index is -4.35. The standard InChI is InChI=1S/C35H36Cl3N3O5S/c1-4-24(2)39-35(43)32(20-25-12-7-5-8-13-25)40(22-28-29(37)16-11-17-30(28)38)34(42)23-41(31-21-26(36)18-19-33(31)46-3)47(44,45)27-14-9-6-10-15-27/h5-19,21,24,32H,4,20,22-23H2,1-3H3,(H,39,43). The summed E-state index contributed by atoms with van der Waals surface area (Å²) in [5.74, 6) is -0.905. The van der Waals surface area contributed by atoms with Crippen LogP contribution in [0.1, 0.15) is 31.4 Å². The molecule has 47 heavy (non-hydrogen) atoms. The van der Waals surface area contributed by atoms with Crippen LogP contribution >= 0.6 is 34.8 Å². The van der Waals surface area contributed by atoms with Crippen molar-refractivity contribution in [2.24, 2.45) is 0 Å². The van der Waals surface area contributed by atoms with E-state index in [9.17, 15) is 18.0 Å². The van der Waals surface area contributed by atoms with Gasteiger partial charge < -0.3 is 15.0 Å². The van der Waals surface area contributed by atoms with E-state index in [2.05, 4.69) is 5.32 Å². The lowest BCUT2D eigenvalue weighted by Gasteiger charge is -2.35. The highest BCUT2D eigenvalue weighted by atomic mass is 35.5. The van der Waals surface area contributed by atoms with E-state index >= 15 is 0 Å². The fourth-order valence-corrected chi connectivity index (χ4v) is 7.06. The minimum Gasteiger partial charge on any atom is -0.495 e. The lowest BCUT2D eigenvalue weighted by atomic mass is 10.0. The van der Waals surface area contributed by atoms with Crippen LogP contribution in [0, 0.1) is 0 Å². The molecule has 2 amide bonds. The quantitative estimate of drug-likeness (QED) is 0.147. The molecule has 0 saturated carbocycles. The van der Waals surface area contributed by atoms with Crippen LogP contribution in [0.4, 0.5) is 5.69 Å². The Morgan fingerprint density at radius 1 is 0.872 bits per heavy atom. The Hall–Kier alpha value is -3.76. The van der Waals surface area contributed by atoms with Gasteiger partial charge in [-0.15, -0.1) is 0 Å². The monoisotopic (exact) mass is 715 g/mol. The number of hydrogen-bond acceptors (Lipinski definition) is 5. The van der Waals surface area contributed by atoms with Gasteiger partial charge in [-0.2, -0.15) is 0 Å². The van der Waals surface area contributed by atoms with Crippen LogP contribution in [0.5, 0.6) is 5.75 Å². The Morgan fingerprint density at radius 2 is 1.49 bits per heavy atom. The Balaban J connectivity index is 1.88. The van der Waals surface area contributed by atoms with E-state index in [1.54, 1.807) is 42.5 Å². The summed E-state index contributed by atoms with van der Waals surface area (Å²) >= 11 is 19.5. The van der Waals surface area contributed by atoms with Crippen molar-refractivity contribution in [3.63, 3.8) is 0 Å². The molecule has 2 unspecified atom stereocenters. The van der Waals surface area contributed by atoms with E-state index in [4.69, 9.17) is 39.5 Å². The van der Waals surface area contributed by atoms with Crippen LogP contribution in [0.25, 0.3) is 0 Å². The van der Waals surface area contributed by atoms with Crippen LogP contribution in [-0.2, 0) is 32.6 Å². The van der Waals surface area contributed by atoms with Crippen LogP contribution in [-0.4, -0.2) is 50.9 Å². The third-order valence-corrected chi connectivity index (χ3v) is 10.4. The molecule has 4 aromatic carbocycles. The minimum absolute atomic E-state index is 0.0501. The topological polar surface area (TPSA) is 96.0 Å². The predicted octanol–water partition coefficient (Wildman–Crippen LogP) is 7.41. The van der Waals surface area contributed by atoms with Crippen molar-refractivity contribution in [3.8, 4) is 5.75 Å². The average molecular weight is 717 g/mol. The van der Waals surface area contributed by atoms with Crippen molar-refractivity contribution in [1.82, 2.24) is 10.2 Å². The van der Waals surface area contributed by atoms with Crippen molar-refractivity contribution in [1.29, 1.82) is 0 Å². The number of halogens is 3. The second kappa shape index (κ2) is 16.4. The number of ether oxygens (including phenoxy) is 1. The molecule has 0 saturated heterocycles. The predicted molar refractivity (Wildman–Crippen MR) is 188 cm³/mol. The molecule has 12 heteroatoms. The summed E-state index contributed by atoms with van der Waals surface area (Å²) in [7, 11) is -2.96. The number of benzene rings is 4. The van der Waals surface area contributed by atoms with Crippen molar-refractivity contribution in [2.45, 2.75) is 50.2 Å². The van der Waals surface area contributed by atoms with Gasteiger partial charge in [-0.25, -0.2) is 8.42 Å². The molecule has 0 aliphatic heterocycles. The van der Waals surface area contributed by atoms with E-state index in [1.165, 1.54) is 36.3 Å². The molecule has 4 rings (SSSR count). The molecular weight excluding hydrogens is 681 g/mol. The van der Waals surface area contributed by atoms with E-state index < -0.39 is 34.4 Å². The Labute approximate surface area is 291 Å². The van der Waals surface area contributed by atoms with Gasteiger partial charge >= 0.3 is 0 Å². The summed E-state index contributed by atoms with van der Waals surface area (Å²) in [6.07, 6.45) is 0.800. The third kappa shape index (κ3) is 8.99. The second-order valence-corrected chi connectivity index (χ2v) is 14.0. The molecule has 0 radical (unpaired) electrons. The van der Waals surface area contributed by atoms with Crippen LogP contribution in [0.15, 0.2) is 102 Å². The number of carbonyl (C=O) groups excluding carboxylic acids is 2. The molecule has 0 aliphatic rings. The summed E-state index contributed by atoms with van der Waals surface area (Å²) in [6, 6.07) is 25.2. The molecule has 0 spiro atoms. The first-order valence-electron chi connectivity index (χ1n) is 14.9. The molecule has 4 aromatic rings. The zero-order valence-electron chi connectivity index (χ0n) is 26.2. The van der Waals surface area contributed by atoms with E-state index in [-0.39, 0.29) is 40.4 Å². The number of amides is 2. The number of sulfonamides is 1. The van der Waals surface area contributed by atoms with Crippen LogP contribution < -0.4 is 14.4 Å². The highest BCUT2D eigenvalue weighted by molar-refractivity contribution is 7.92. The van der Waals surface area contributed by atoms with Crippen molar-refractivity contribution >= 4 is 62.3 Å². The average Bonchev–Trinajstić information content (AvgIpc) is 3.06. The van der Waals surface area contributed by atoms with E-state index in [0.717, 1.165) is 9.87 Å². The fraction of sp³-hybridized carbons (Fsp3) is 0.257. The SMILES string of the molecule is CCC(C)NC(=O)C(Cc1ccccc1)N(Cc1c(Cl)cccc1Cl)C(=O)CN(c1cc(Cl)ccc1OC)S(=O)(=O)c1ccccc1.